The van der Waals surface area contributed by atoms with Crippen LogP contribution in [0.15, 0.2) is 11.8 Å². The molecule has 0 saturated carbocycles. The van der Waals surface area contributed by atoms with Crippen molar-refractivity contribution in [2.24, 2.45) is 5.92 Å². The second-order valence-corrected chi connectivity index (χ2v) is 5.02. The Kier molecular flexibility index (Phi) is 2.83. The number of ketones is 1. The van der Waals surface area contributed by atoms with Crippen LogP contribution < -0.4 is 0 Å². The van der Waals surface area contributed by atoms with E-state index < -0.39 is 0 Å². The quantitative estimate of drug-likeness (QED) is 0.679. The van der Waals surface area contributed by atoms with E-state index in [1.54, 1.807) is 0 Å². The summed E-state index contributed by atoms with van der Waals surface area (Å²) in [5.41, 5.74) is 1.26. The Morgan fingerprint density at radius 1 is 1.33 bits per heavy atom. The second kappa shape index (κ2) is 3.97. The lowest BCUT2D eigenvalue weighted by atomic mass is 10.1. The van der Waals surface area contributed by atoms with Gasteiger partial charge in [0.25, 0.3) is 0 Å². The van der Waals surface area contributed by atoms with E-state index in [0.29, 0.717) is 24.2 Å². The fourth-order valence-electron chi connectivity index (χ4n) is 2.69. The first-order chi connectivity index (χ1) is 7.08. The van der Waals surface area contributed by atoms with Gasteiger partial charge < -0.3 is 9.80 Å². The summed E-state index contributed by atoms with van der Waals surface area (Å²) in [5, 5.41) is 0. The van der Waals surface area contributed by atoms with Crippen molar-refractivity contribution >= 4 is 5.78 Å². The second-order valence-electron chi connectivity index (χ2n) is 5.02. The van der Waals surface area contributed by atoms with E-state index in [-0.39, 0.29) is 0 Å². The van der Waals surface area contributed by atoms with Crippen LogP contribution in [0.5, 0.6) is 0 Å². The number of likely N-dealkylation sites (tertiary alicyclic amines) is 1. The minimum Gasteiger partial charge on any atom is -0.373 e. The van der Waals surface area contributed by atoms with E-state index in [1.165, 1.54) is 5.70 Å². The van der Waals surface area contributed by atoms with Gasteiger partial charge in [-0.25, -0.2) is 0 Å². The van der Waals surface area contributed by atoms with E-state index in [2.05, 4.69) is 30.8 Å². The summed E-state index contributed by atoms with van der Waals surface area (Å²) < 4.78 is 0. The van der Waals surface area contributed by atoms with E-state index in [9.17, 15) is 4.79 Å². The molecule has 2 rings (SSSR count). The van der Waals surface area contributed by atoms with Crippen LogP contribution in [0.25, 0.3) is 0 Å². The Bertz CT molecular complexity index is 296. The first-order valence-electron chi connectivity index (χ1n) is 5.72. The highest BCUT2D eigenvalue weighted by Gasteiger charge is 2.33. The number of rotatable bonds is 2. The normalized spacial score (nSPS) is 31.6. The molecule has 0 amide bonds. The number of carbonyl (C=O) groups excluding carboxylic acids is 1. The summed E-state index contributed by atoms with van der Waals surface area (Å²) in [6.45, 7) is 4.47. The molecule has 0 aromatic rings. The predicted octanol–water partition coefficient (Wildman–Crippen LogP) is 1.12. The van der Waals surface area contributed by atoms with Gasteiger partial charge in [-0.15, -0.1) is 0 Å². The van der Waals surface area contributed by atoms with Gasteiger partial charge in [0.2, 0.25) is 0 Å². The zero-order valence-corrected chi connectivity index (χ0v) is 9.86. The van der Waals surface area contributed by atoms with Crippen LogP contribution >= 0.6 is 0 Å². The first kappa shape index (κ1) is 10.7. The van der Waals surface area contributed by atoms with Crippen molar-refractivity contribution in [2.45, 2.75) is 25.8 Å². The summed E-state index contributed by atoms with van der Waals surface area (Å²) in [4.78, 5) is 15.9. The van der Waals surface area contributed by atoms with E-state index >= 15 is 0 Å². The maximum atomic E-state index is 11.2. The third-order valence-corrected chi connectivity index (χ3v) is 3.60. The van der Waals surface area contributed by atoms with E-state index in [1.807, 2.05) is 6.08 Å². The lowest BCUT2D eigenvalue weighted by Crippen LogP contribution is -2.34. The summed E-state index contributed by atoms with van der Waals surface area (Å²) in [6.07, 6.45) is 3.50. The van der Waals surface area contributed by atoms with Gasteiger partial charge in [0.1, 0.15) is 0 Å². The van der Waals surface area contributed by atoms with Crippen molar-refractivity contribution in [3.05, 3.63) is 11.8 Å². The fraction of sp³-hybridized carbons (Fsp3) is 0.750. The molecule has 84 valence electrons. The number of hydrogen-bond acceptors (Lipinski definition) is 3. The molecule has 0 aromatic carbocycles. The third kappa shape index (κ3) is 2.07. The topological polar surface area (TPSA) is 23.6 Å². The lowest BCUT2D eigenvalue weighted by Gasteiger charge is -2.23. The molecule has 0 radical (unpaired) electrons. The molecule has 0 bridgehead atoms. The van der Waals surface area contributed by atoms with Gasteiger partial charge in [-0.05, 0) is 26.4 Å². The summed E-state index contributed by atoms with van der Waals surface area (Å²) >= 11 is 0. The lowest BCUT2D eigenvalue weighted by molar-refractivity contribution is -0.114. The van der Waals surface area contributed by atoms with Crippen LogP contribution in [-0.2, 0) is 4.79 Å². The summed E-state index contributed by atoms with van der Waals surface area (Å²) in [5.74, 6) is 0.988. The van der Waals surface area contributed by atoms with Crippen LogP contribution in [0.2, 0.25) is 0 Å². The van der Waals surface area contributed by atoms with Gasteiger partial charge in [-0.3, -0.25) is 4.79 Å². The van der Waals surface area contributed by atoms with Gasteiger partial charge in [-0.1, -0.05) is 6.92 Å². The highest BCUT2D eigenvalue weighted by atomic mass is 16.1. The zero-order valence-electron chi connectivity index (χ0n) is 9.86. The highest BCUT2D eigenvalue weighted by Crippen LogP contribution is 2.28. The molecule has 15 heavy (non-hydrogen) atoms. The van der Waals surface area contributed by atoms with Crippen molar-refractivity contribution < 1.29 is 4.79 Å². The van der Waals surface area contributed by atoms with Crippen LogP contribution in [0.4, 0.5) is 0 Å². The molecule has 3 heteroatoms. The molecule has 2 atom stereocenters. The Morgan fingerprint density at radius 3 is 2.53 bits per heavy atom. The first-order valence-corrected chi connectivity index (χ1v) is 5.72. The van der Waals surface area contributed by atoms with Crippen LogP contribution in [0, 0.1) is 5.92 Å². The van der Waals surface area contributed by atoms with Crippen molar-refractivity contribution in [1.29, 1.82) is 0 Å². The Labute approximate surface area is 91.7 Å². The Balaban J connectivity index is 2.03. The third-order valence-electron chi connectivity index (χ3n) is 3.60. The van der Waals surface area contributed by atoms with Gasteiger partial charge in [0.05, 0.1) is 0 Å². The molecular formula is C12H20N2O. The smallest absolute Gasteiger partial charge is 0.157 e. The Hall–Kier alpha value is -0.830. The highest BCUT2D eigenvalue weighted by molar-refractivity contribution is 5.92. The average molecular weight is 208 g/mol. The monoisotopic (exact) mass is 208 g/mol. The summed E-state index contributed by atoms with van der Waals surface area (Å²) in [7, 11) is 4.28. The average Bonchev–Trinajstić information content (AvgIpc) is 2.71. The fourth-order valence-corrected chi connectivity index (χ4v) is 2.69. The molecular weight excluding hydrogens is 188 g/mol. The van der Waals surface area contributed by atoms with Crippen molar-refractivity contribution in [3.8, 4) is 0 Å². The molecule has 2 unspecified atom stereocenters. The van der Waals surface area contributed by atoms with Crippen LogP contribution in [-0.4, -0.2) is 48.8 Å². The predicted molar refractivity (Wildman–Crippen MR) is 60.5 cm³/mol. The molecule has 3 nitrogen and oxygen atoms in total. The largest absolute Gasteiger partial charge is 0.373 e. The number of likely N-dealkylation sites (N-methyl/N-ethyl adjacent to an activating group) is 1. The van der Waals surface area contributed by atoms with E-state index in [4.69, 9.17) is 0 Å². The van der Waals surface area contributed by atoms with Crippen molar-refractivity contribution in [2.75, 3.05) is 27.2 Å². The SMILES string of the molecule is CC1CN(C2=CC(=O)CC2)CC1N(C)C. The van der Waals surface area contributed by atoms with Crippen molar-refractivity contribution in [1.82, 2.24) is 9.80 Å². The molecule has 0 aromatic heterocycles. The van der Waals surface area contributed by atoms with Gasteiger partial charge in [0.15, 0.2) is 5.78 Å². The van der Waals surface area contributed by atoms with E-state index in [0.717, 1.165) is 19.5 Å². The number of allylic oxidation sites excluding steroid dienone is 2. The molecule has 1 heterocycles. The standard InChI is InChI=1S/C12H20N2O/c1-9-7-14(8-12(9)13(2)3)10-4-5-11(15)6-10/h6,9,12H,4-5,7-8H2,1-3H3. The molecule has 0 N–H and O–H groups in total. The molecule has 0 spiro atoms. The molecule has 2 aliphatic rings. The minimum absolute atomic E-state index is 0.297. The van der Waals surface area contributed by atoms with Crippen LogP contribution in [0.3, 0.4) is 0 Å². The molecule has 1 fully saturated rings. The molecule has 1 saturated heterocycles. The van der Waals surface area contributed by atoms with Gasteiger partial charge in [-0.2, -0.15) is 0 Å². The zero-order chi connectivity index (χ0) is 11.0. The maximum Gasteiger partial charge on any atom is 0.157 e. The summed E-state index contributed by atoms with van der Waals surface area (Å²) in [6, 6.07) is 0.626. The maximum absolute atomic E-state index is 11.2. The van der Waals surface area contributed by atoms with Crippen molar-refractivity contribution in [3.63, 3.8) is 0 Å². The van der Waals surface area contributed by atoms with Gasteiger partial charge >= 0.3 is 0 Å². The number of hydrogen-bond donors (Lipinski definition) is 0. The number of carbonyl (C=O) groups is 1. The van der Waals surface area contributed by atoms with Gasteiger partial charge in [0, 0.05) is 37.3 Å². The van der Waals surface area contributed by atoms with Crippen LogP contribution in [0.1, 0.15) is 19.8 Å². The molecule has 1 aliphatic carbocycles. The number of nitrogens with zero attached hydrogens (tertiary/aromatic N) is 2. The minimum atomic E-state index is 0.297. The Morgan fingerprint density at radius 2 is 2.07 bits per heavy atom. The molecule has 1 aliphatic heterocycles.